The third kappa shape index (κ3) is 1.52. The first-order valence-corrected chi connectivity index (χ1v) is 5.95. The van der Waals surface area contributed by atoms with Crippen molar-refractivity contribution in [2.24, 2.45) is 0 Å². The summed E-state index contributed by atoms with van der Waals surface area (Å²) >= 11 is 0. The molecule has 0 radical (unpaired) electrons. The van der Waals surface area contributed by atoms with Crippen molar-refractivity contribution in [2.75, 3.05) is 12.5 Å². The van der Waals surface area contributed by atoms with Gasteiger partial charge in [-0.1, -0.05) is 0 Å². The van der Waals surface area contributed by atoms with Crippen molar-refractivity contribution in [1.82, 2.24) is 10.2 Å². The number of H-pyrrole nitrogens is 1. The highest BCUT2D eigenvalue weighted by Crippen LogP contribution is 2.37. The second kappa shape index (κ2) is 3.65. The normalized spacial score (nSPS) is 13.1. The molecule has 0 unspecified atom stereocenters. The van der Waals surface area contributed by atoms with E-state index in [1.54, 1.807) is 0 Å². The first-order valence-electron chi connectivity index (χ1n) is 5.95. The van der Waals surface area contributed by atoms with Gasteiger partial charge in [-0.2, -0.15) is 5.10 Å². The third-order valence-corrected chi connectivity index (χ3v) is 3.23. The zero-order valence-corrected chi connectivity index (χ0v) is 10.0. The van der Waals surface area contributed by atoms with E-state index >= 15 is 0 Å². The Labute approximate surface area is 108 Å². The molecule has 0 saturated heterocycles. The van der Waals surface area contributed by atoms with Crippen LogP contribution in [0.1, 0.15) is 0 Å². The molecule has 0 amide bonds. The molecule has 0 atom stereocenters. The monoisotopic (exact) mass is 253 g/mol. The number of nitrogens with one attached hydrogen (secondary N) is 1. The van der Waals surface area contributed by atoms with E-state index in [4.69, 9.17) is 15.2 Å². The average Bonchev–Trinajstić information content (AvgIpc) is 3.03. The number of rotatable bonds is 1. The number of aromatic amines is 1. The number of fused-ring (bicyclic) bond motifs is 2. The van der Waals surface area contributed by atoms with Crippen molar-refractivity contribution in [2.45, 2.75) is 0 Å². The lowest BCUT2D eigenvalue weighted by Crippen LogP contribution is -1.92. The van der Waals surface area contributed by atoms with E-state index in [0.29, 0.717) is 0 Å². The van der Waals surface area contributed by atoms with E-state index in [1.807, 2.05) is 36.4 Å². The largest absolute Gasteiger partial charge is 0.454 e. The van der Waals surface area contributed by atoms with Crippen molar-refractivity contribution < 1.29 is 9.47 Å². The number of anilines is 1. The summed E-state index contributed by atoms with van der Waals surface area (Å²) in [4.78, 5) is 0. The number of nitrogens with two attached hydrogens (primary N) is 1. The Bertz CT molecular complexity index is 779. The quantitative estimate of drug-likeness (QED) is 0.654. The van der Waals surface area contributed by atoms with Gasteiger partial charge >= 0.3 is 0 Å². The third-order valence-electron chi connectivity index (χ3n) is 3.23. The molecule has 1 aromatic heterocycles. The van der Waals surface area contributed by atoms with Crippen molar-refractivity contribution in [3.05, 3.63) is 36.4 Å². The van der Waals surface area contributed by atoms with Crippen molar-refractivity contribution in [3.63, 3.8) is 0 Å². The van der Waals surface area contributed by atoms with E-state index < -0.39 is 0 Å². The van der Waals surface area contributed by atoms with Gasteiger partial charge in [0.2, 0.25) is 6.79 Å². The summed E-state index contributed by atoms with van der Waals surface area (Å²) < 4.78 is 10.7. The number of hydrogen-bond acceptors (Lipinski definition) is 4. The second-order valence-electron chi connectivity index (χ2n) is 4.45. The Hall–Kier alpha value is -2.69. The summed E-state index contributed by atoms with van der Waals surface area (Å²) in [5.41, 5.74) is 9.35. The van der Waals surface area contributed by atoms with Gasteiger partial charge in [-0.25, -0.2) is 0 Å². The summed E-state index contributed by atoms with van der Waals surface area (Å²) in [6.07, 6.45) is 0. The maximum Gasteiger partial charge on any atom is 0.231 e. The summed E-state index contributed by atoms with van der Waals surface area (Å²) in [6.45, 7) is 0.271. The predicted octanol–water partition coefficient (Wildman–Crippen LogP) is 2.54. The Morgan fingerprint density at radius 2 is 1.95 bits per heavy atom. The van der Waals surface area contributed by atoms with Crippen LogP contribution in [0.4, 0.5) is 5.69 Å². The van der Waals surface area contributed by atoms with Gasteiger partial charge in [0.25, 0.3) is 0 Å². The van der Waals surface area contributed by atoms with Crippen LogP contribution in [0.2, 0.25) is 0 Å². The van der Waals surface area contributed by atoms with Gasteiger partial charge in [-0.15, -0.1) is 0 Å². The minimum atomic E-state index is 0.271. The van der Waals surface area contributed by atoms with E-state index in [-0.39, 0.29) is 6.79 Å². The van der Waals surface area contributed by atoms with E-state index in [2.05, 4.69) is 10.2 Å². The highest BCUT2D eigenvalue weighted by molar-refractivity contribution is 5.95. The van der Waals surface area contributed by atoms with Crippen LogP contribution in [0.25, 0.3) is 22.2 Å². The summed E-state index contributed by atoms with van der Waals surface area (Å²) in [5, 5.41) is 8.36. The molecule has 5 nitrogen and oxygen atoms in total. The molecule has 4 rings (SSSR count). The van der Waals surface area contributed by atoms with Crippen LogP contribution in [-0.2, 0) is 0 Å². The molecule has 0 spiro atoms. The molecule has 5 heteroatoms. The van der Waals surface area contributed by atoms with Crippen molar-refractivity contribution in [3.8, 4) is 22.8 Å². The van der Waals surface area contributed by atoms with Crippen LogP contribution < -0.4 is 15.2 Å². The molecule has 0 saturated carbocycles. The van der Waals surface area contributed by atoms with Crippen LogP contribution in [0.5, 0.6) is 11.5 Å². The summed E-state index contributed by atoms with van der Waals surface area (Å²) in [7, 11) is 0. The van der Waals surface area contributed by atoms with Crippen molar-refractivity contribution in [1.29, 1.82) is 0 Å². The maximum atomic E-state index is 5.83. The SMILES string of the molecule is Nc1ccc2[nH]nc(-c3ccc4c(c3)OCO4)c2c1. The Morgan fingerprint density at radius 3 is 2.89 bits per heavy atom. The first kappa shape index (κ1) is 10.3. The molecular weight excluding hydrogens is 242 g/mol. The van der Waals surface area contributed by atoms with Gasteiger partial charge in [0.1, 0.15) is 5.69 Å². The average molecular weight is 253 g/mol. The van der Waals surface area contributed by atoms with Gasteiger partial charge in [0, 0.05) is 16.6 Å². The molecule has 1 aliphatic heterocycles. The number of aromatic nitrogens is 2. The highest BCUT2D eigenvalue weighted by atomic mass is 16.7. The topological polar surface area (TPSA) is 73.2 Å². The summed E-state index contributed by atoms with van der Waals surface area (Å²) in [5.74, 6) is 1.51. The first-order chi connectivity index (χ1) is 9.31. The minimum absolute atomic E-state index is 0.271. The molecule has 0 aliphatic carbocycles. The van der Waals surface area contributed by atoms with Gasteiger partial charge in [-0.05, 0) is 36.4 Å². The highest BCUT2D eigenvalue weighted by Gasteiger charge is 2.16. The smallest absolute Gasteiger partial charge is 0.231 e. The van der Waals surface area contributed by atoms with Crippen LogP contribution in [0.3, 0.4) is 0 Å². The molecule has 2 aromatic carbocycles. The Balaban J connectivity index is 1.92. The number of nitrogens with zero attached hydrogens (tertiary/aromatic N) is 1. The molecule has 0 fully saturated rings. The fraction of sp³-hybridized carbons (Fsp3) is 0.0714. The standard InChI is InChI=1S/C14H11N3O2/c15-9-2-3-11-10(6-9)14(17-16-11)8-1-4-12-13(5-8)19-7-18-12/h1-6H,7,15H2,(H,16,17). The molecule has 3 aromatic rings. The molecular formula is C14H11N3O2. The summed E-state index contributed by atoms with van der Waals surface area (Å²) in [6, 6.07) is 11.5. The zero-order valence-electron chi connectivity index (χ0n) is 10.0. The molecule has 1 aliphatic rings. The molecule has 0 bridgehead atoms. The van der Waals surface area contributed by atoms with E-state index in [1.165, 1.54) is 0 Å². The van der Waals surface area contributed by atoms with Crippen LogP contribution in [0, 0.1) is 0 Å². The van der Waals surface area contributed by atoms with Crippen molar-refractivity contribution >= 4 is 16.6 Å². The van der Waals surface area contributed by atoms with Gasteiger partial charge in [0.05, 0.1) is 5.52 Å². The van der Waals surface area contributed by atoms with Gasteiger partial charge in [-0.3, -0.25) is 5.10 Å². The molecule has 3 N–H and O–H groups in total. The maximum absolute atomic E-state index is 5.83. The second-order valence-corrected chi connectivity index (χ2v) is 4.45. The number of nitrogen functional groups attached to an aromatic ring is 1. The fourth-order valence-corrected chi connectivity index (χ4v) is 2.30. The van der Waals surface area contributed by atoms with Gasteiger partial charge < -0.3 is 15.2 Å². The van der Waals surface area contributed by atoms with Crippen LogP contribution in [0.15, 0.2) is 36.4 Å². The lowest BCUT2D eigenvalue weighted by Gasteiger charge is -2.01. The minimum Gasteiger partial charge on any atom is -0.454 e. The Morgan fingerprint density at radius 1 is 1.05 bits per heavy atom. The molecule has 94 valence electrons. The van der Waals surface area contributed by atoms with E-state index in [9.17, 15) is 0 Å². The van der Waals surface area contributed by atoms with Gasteiger partial charge in [0.15, 0.2) is 11.5 Å². The Kier molecular flexibility index (Phi) is 1.97. The number of hydrogen-bond donors (Lipinski definition) is 2. The lowest BCUT2D eigenvalue weighted by atomic mass is 10.1. The molecule has 19 heavy (non-hydrogen) atoms. The lowest BCUT2D eigenvalue weighted by molar-refractivity contribution is 0.174. The molecule has 2 heterocycles. The van der Waals surface area contributed by atoms with Crippen LogP contribution >= 0.6 is 0 Å². The predicted molar refractivity (Wildman–Crippen MR) is 72.1 cm³/mol. The fourth-order valence-electron chi connectivity index (χ4n) is 2.30. The van der Waals surface area contributed by atoms with E-state index in [0.717, 1.165) is 39.3 Å². The van der Waals surface area contributed by atoms with Crippen LogP contribution in [-0.4, -0.2) is 17.0 Å². The zero-order chi connectivity index (χ0) is 12.8. The number of benzene rings is 2. The number of ether oxygens (including phenoxy) is 2.